The van der Waals surface area contributed by atoms with Gasteiger partial charge in [0.15, 0.2) is 12.4 Å². The van der Waals surface area contributed by atoms with Crippen molar-refractivity contribution in [3.8, 4) is 0 Å². The SMILES string of the molecule is CCCCC/C=C\C/C=C\C/C=C\CCCCCCCC(O)C(=O)NC(COC1OC(CO)C(O)C(O)C1OC(=O)CCCCCCCCCCCCCCCCC/C=C\C/C=C\CCCCC)C(O)/C=C/CCCCCCCCCCC. The van der Waals surface area contributed by atoms with Crippen molar-refractivity contribution in [2.45, 2.75) is 359 Å². The lowest BCUT2D eigenvalue weighted by Crippen LogP contribution is -2.61. The predicted octanol–water partition coefficient (Wildman–Crippen LogP) is 17.5. The number of allylic oxidation sites excluding steroid dienone is 11. The van der Waals surface area contributed by atoms with Crippen molar-refractivity contribution < 1.29 is 49.3 Å². The van der Waals surface area contributed by atoms with Gasteiger partial charge in [-0.3, -0.25) is 9.59 Å². The first-order chi connectivity index (χ1) is 40.7. The fourth-order valence-corrected chi connectivity index (χ4v) is 10.6. The standard InChI is InChI=1S/C72H129NO10/c1-4-7-10-13-16-19-22-24-26-28-30-31-32-33-34-35-36-38-40-42-45-48-51-54-57-60-67(77)83-70-69(79)68(78)66(61-74)82-72(70)81-62-63(64(75)58-55-52-49-46-43-21-18-15-12-9-6-3)73-71(80)65(76)59-56-53-50-47-44-41-39-37-29-27-25-23-20-17-14-11-8-5-2/h16-17,19-20,24-27,37,39,55,58,63-66,68-70,72,74-76,78-79H,4-15,18,21-23,28-36,38,40-54,56-57,59-62H2,1-3H3,(H,73,80)/b19-16-,20-17-,26-24-,27-25-,39-37-,58-55+. The topological polar surface area (TPSA) is 175 Å². The zero-order chi connectivity index (χ0) is 60.3. The van der Waals surface area contributed by atoms with E-state index in [1.165, 1.54) is 173 Å². The van der Waals surface area contributed by atoms with Crippen LogP contribution < -0.4 is 5.32 Å². The average Bonchev–Trinajstić information content (AvgIpc) is 3.64. The molecular formula is C72H129NO10. The summed E-state index contributed by atoms with van der Waals surface area (Å²) in [6.07, 6.45) is 66.6. The van der Waals surface area contributed by atoms with Crippen molar-refractivity contribution in [3.63, 3.8) is 0 Å². The van der Waals surface area contributed by atoms with E-state index in [1.54, 1.807) is 6.08 Å². The van der Waals surface area contributed by atoms with Gasteiger partial charge in [-0.15, -0.1) is 0 Å². The summed E-state index contributed by atoms with van der Waals surface area (Å²) >= 11 is 0. The summed E-state index contributed by atoms with van der Waals surface area (Å²) in [4.78, 5) is 26.6. The van der Waals surface area contributed by atoms with E-state index in [-0.39, 0.29) is 19.4 Å². The molecule has 0 bridgehead atoms. The summed E-state index contributed by atoms with van der Waals surface area (Å²) in [7, 11) is 0. The van der Waals surface area contributed by atoms with Crippen LogP contribution in [0.5, 0.6) is 0 Å². The second-order valence-electron chi connectivity index (χ2n) is 23.9. The Kier molecular flexibility index (Phi) is 55.9. The molecule has 11 heteroatoms. The normalized spacial score (nSPS) is 19.0. The van der Waals surface area contributed by atoms with Crippen LogP contribution in [0.2, 0.25) is 0 Å². The lowest BCUT2D eigenvalue weighted by atomic mass is 9.99. The zero-order valence-corrected chi connectivity index (χ0v) is 53.6. The first-order valence-corrected chi connectivity index (χ1v) is 34.7. The summed E-state index contributed by atoms with van der Waals surface area (Å²) in [5.41, 5.74) is 0. The molecule has 8 atom stereocenters. The Morgan fingerprint density at radius 2 is 0.831 bits per heavy atom. The van der Waals surface area contributed by atoms with Gasteiger partial charge in [-0.25, -0.2) is 0 Å². The number of carbonyl (C=O) groups is 2. The van der Waals surface area contributed by atoms with E-state index in [4.69, 9.17) is 14.2 Å². The molecule has 0 saturated carbocycles. The first-order valence-electron chi connectivity index (χ1n) is 34.7. The molecule has 0 radical (unpaired) electrons. The van der Waals surface area contributed by atoms with Crippen molar-refractivity contribution in [1.29, 1.82) is 0 Å². The predicted molar refractivity (Wildman–Crippen MR) is 347 cm³/mol. The number of esters is 1. The number of amides is 1. The fourth-order valence-electron chi connectivity index (χ4n) is 10.6. The van der Waals surface area contributed by atoms with Gasteiger partial charge in [0, 0.05) is 6.42 Å². The van der Waals surface area contributed by atoms with Gasteiger partial charge < -0.3 is 45.1 Å². The minimum Gasteiger partial charge on any atom is -0.454 e. The molecule has 1 rings (SSSR count). The molecule has 0 spiro atoms. The van der Waals surface area contributed by atoms with E-state index in [0.717, 1.165) is 89.9 Å². The van der Waals surface area contributed by atoms with E-state index in [0.29, 0.717) is 12.8 Å². The number of aliphatic hydroxyl groups is 5. The third-order valence-electron chi connectivity index (χ3n) is 16.1. The minimum absolute atomic E-state index is 0.121. The zero-order valence-electron chi connectivity index (χ0n) is 53.6. The van der Waals surface area contributed by atoms with E-state index in [9.17, 15) is 35.1 Å². The van der Waals surface area contributed by atoms with Crippen molar-refractivity contribution >= 4 is 11.9 Å². The number of nitrogens with one attached hydrogen (secondary N) is 1. The number of hydrogen-bond donors (Lipinski definition) is 6. The van der Waals surface area contributed by atoms with Crippen molar-refractivity contribution in [2.75, 3.05) is 13.2 Å². The number of hydrogen-bond acceptors (Lipinski definition) is 10. The van der Waals surface area contributed by atoms with Crippen LogP contribution in [0.1, 0.15) is 310 Å². The van der Waals surface area contributed by atoms with Crippen LogP contribution in [0.4, 0.5) is 0 Å². The average molecular weight is 1170 g/mol. The highest BCUT2D eigenvalue weighted by molar-refractivity contribution is 5.80. The molecule has 1 amide bonds. The largest absolute Gasteiger partial charge is 0.454 e. The highest BCUT2D eigenvalue weighted by atomic mass is 16.7. The smallest absolute Gasteiger partial charge is 0.306 e. The molecule has 6 N–H and O–H groups in total. The first kappa shape index (κ1) is 78.1. The van der Waals surface area contributed by atoms with Crippen LogP contribution >= 0.6 is 0 Å². The lowest BCUT2D eigenvalue weighted by molar-refractivity contribution is -0.305. The number of rotatable bonds is 59. The van der Waals surface area contributed by atoms with Crippen LogP contribution in [0.15, 0.2) is 72.9 Å². The summed E-state index contributed by atoms with van der Waals surface area (Å²) in [5, 5.41) is 57.1. The van der Waals surface area contributed by atoms with Crippen molar-refractivity contribution in [3.05, 3.63) is 72.9 Å². The second-order valence-corrected chi connectivity index (χ2v) is 23.9. The number of aliphatic hydroxyl groups excluding tert-OH is 5. The highest BCUT2D eigenvalue weighted by Gasteiger charge is 2.47. The maximum Gasteiger partial charge on any atom is 0.306 e. The molecule has 1 aliphatic heterocycles. The van der Waals surface area contributed by atoms with E-state index < -0.39 is 67.4 Å². The van der Waals surface area contributed by atoms with Gasteiger partial charge in [-0.2, -0.15) is 0 Å². The third-order valence-corrected chi connectivity index (χ3v) is 16.1. The fraction of sp³-hybridized carbons (Fsp3) is 0.806. The van der Waals surface area contributed by atoms with Crippen LogP contribution in [0.25, 0.3) is 0 Å². The number of ether oxygens (including phenoxy) is 3. The molecule has 1 fully saturated rings. The Hall–Kier alpha value is -2.90. The Morgan fingerprint density at radius 3 is 1.27 bits per heavy atom. The van der Waals surface area contributed by atoms with E-state index >= 15 is 0 Å². The Morgan fingerprint density at radius 1 is 0.470 bits per heavy atom. The van der Waals surface area contributed by atoms with Crippen LogP contribution in [0.3, 0.4) is 0 Å². The van der Waals surface area contributed by atoms with Gasteiger partial charge in [0.05, 0.1) is 25.4 Å². The second kappa shape index (κ2) is 59.4. The Bertz CT molecular complexity index is 1630. The Balaban J connectivity index is 2.56. The summed E-state index contributed by atoms with van der Waals surface area (Å²) in [6, 6.07) is -1.03. The van der Waals surface area contributed by atoms with Gasteiger partial charge in [0.2, 0.25) is 5.91 Å². The summed E-state index contributed by atoms with van der Waals surface area (Å²) in [5.74, 6) is -1.20. The summed E-state index contributed by atoms with van der Waals surface area (Å²) < 4.78 is 17.7. The molecule has 1 heterocycles. The molecule has 11 nitrogen and oxygen atoms in total. The summed E-state index contributed by atoms with van der Waals surface area (Å²) in [6.45, 7) is 5.75. The maximum atomic E-state index is 13.4. The molecular weight excluding hydrogens is 1040 g/mol. The van der Waals surface area contributed by atoms with Crippen molar-refractivity contribution in [1.82, 2.24) is 5.32 Å². The molecule has 0 aromatic carbocycles. The molecule has 0 aliphatic carbocycles. The molecule has 8 unspecified atom stereocenters. The molecule has 482 valence electrons. The number of unbranched alkanes of at least 4 members (excludes halogenated alkanes) is 35. The molecule has 0 aromatic heterocycles. The van der Waals surface area contributed by atoms with Gasteiger partial charge in [-0.1, -0.05) is 280 Å². The lowest BCUT2D eigenvalue weighted by Gasteiger charge is -2.41. The molecule has 0 aromatic rings. The quantitative estimate of drug-likeness (QED) is 0.0195. The third kappa shape index (κ3) is 46.9. The monoisotopic (exact) mass is 1170 g/mol. The van der Waals surface area contributed by atoms with Gasteiger partial charge >= 0.3 is 5.97 Å². The maximum absolute atomic E-state index is 13.4. The van der Waals surface area contributed by atoms with Gasteiger partial charge in [0.25, 0.3) is 0 Å². The van der Waals surface area contributed by atoms with Gasteiger partial charge in [-0.05, 0) is 96.3 Å². The molecule has 1 aliphatic rings. The number of carbonyl (C=O) groups excluding carboxylic acids is 2. The van der Waals surface area contributed by atoms with Gasteiger partial charge in [0.1, 0.15) is 24.4 Å². The highest BCUT2D eigenvalue weighted by Crippen LogP contribution is 2.26. The Labute approximate surface area is 509 Å². The minimum atomic E-state index is -1.62. The molecule has 1 saturated heterocycles. The van der Waals surface area contributed by atoms with E-state index in [2.05, 4.69) is 86.8 Å². The van der Waals surface area contributed by atoms with Crippen molar-refractivity contribution in [2.24, 2.45) is 0 Å². The molecule has 83 heavy (non-hydrogen) atoms. The van der Waals surface area contributed by atoms with Crippen LogP contribution in [0, 0.1) is 0 Å². The van der Waals surface area contributed by atoms with Crippen LogP contribution in [-0.2, 0) is 23.8 Å². The van der Waals surface area contributed by atoms with E-state index in [1.807, 2.05) is 6.08 Å². The van der Waals surface area contributed by atoms with Crippen LogP contribution in [-0.4, -0.2) is 99.6 Å².